The number of hydrogen-bond acceptors (Lipinski definition) is 2. The van der Waals surface area contributed by atoms with Gasteiger partial charge >= 0.3 is 0 Å². The van der Waals surface area contributed by atoms with Gasteiger partial charge in [0, 0.05) is 23.5 Å². The third-order valence-corrected chi connectivity index (χ3v) is 4.15. The van der Waals surface area contributed by atoms with E-state index in [1.54, 1.807) is 0 Å². The quantitative estimate of drug-likeness (QED) is 0.833. The van der Waals surface area contributed by atoms with Gasteiger partial charge in [0.1, 0.15) is 0 Å². The standard InChI is InChI=1S/C16H24BrNO2/c1-16(2,3)14(10-11-19)18-15(20)9-8-12-6-4-5-7-13(12)17/h4-7,14,19H,8-11H2,1-3H3,(H,18,20). The Morgan fingerprint density at radius 2 is 2.00 bits per heavy atom. The van der Waals surface area contributed by atoms with Gasteiger partial charge in [-0.05, 0) is 29.9 Å². The normalized spacial score (nSPS) is 13.1. The van der Waals surface area contributed by atoms with Gasteiger partial charge in [0.2, 0.25) is 5.91 Å². The molecule has 1 atom stereocenters. The molecule has 0 heterocycles. The van der Waals surface area contributed by atoms with E-state index in [0.717, 1.165) is 10.0 Å². The maximum Gasteiger partial charge on any atom is 0.220 e. The van der Waals surface area contributed by atoms with Gasteiger partial charge < -0.3 is 10.4 Å². The lowest BCUT2D eigenvalue weighted by atomic mass is 9.85. The molecule has 0 radical (unpaired) electrons. The van der Waals surface area contributed by atoms with Crippen molar-refractivity contribution >= 4 is 21.8 Å². The molecule has 4 heteroatoms. The van der Waals surface area contributed by atoms with Crippen molar-refractivity contribution in [3.63, 3.8) is 0 Å². The molecule has 112 valence electrons. The van der Waals surface area contributed by atoms with Crippen LogP contribution < -0.4 is 5.32 Å². The van der Waals surface area contributed by atoms with Gasteiger partial charge in [0.15, 0.2) is 0 Å². The second kappa shape index (κ2) is 7.79. The zero-order valence-corrected chi connectivity index (χ0v) is 14.0. The largest absolute Gasteiger partial charge is 0.396 e. The van der Waals surface area contributed by atoms with Crippen LogP contribution in [0.4, 0.5) is 0 Å². The van der Waals surface area contributed by atoms with Crippen LogP contribution in [0.3, 0.4) is 0 Å². The number of hydrogen-bond donors (Lipinski definition) is 2. The molecule has 1 amide bonds. The predicted molar refractivity (Wildman–Crippen MR) is 85.6 cm³/mol. The molecule has 3 nitrogen and oxygen atoms in total. The molecule has 0 bridgehead atoms. The van der Waals surface area contributed by atoms with Crippen LogP contribution in [0.1, 0.15) is 39.2 Å². The fourth-order valence-electron chi connectivity index (χ4n) is 2.07. The highest BCUT2D eigenvalue weighted by Gasteiger charge is 2.25. The fourth-order valence-corrected chi connectivity index (χ4v) is 2.55. The Balaban J connectivity index is 2.52. The summed E-state index contributed by atoms with van der Waals surface area (Å²) < 4.78 is 1.04. The molecule has 0 spiro atoms. The molecule has 0 aromatic heterocycles. The van der Waals surface area contributed by atoms with Crippen molar-refractivity contribution in [1.82, 2.24) is 5.32 Å². The Kier molecular flexibility index (Phi) is 6.69. The number of nitrogens with one attached hydrogen (secondary N) is 1. The monoisotopic (exact) mass is 341 g/mol. The first-order chi connectivity index (χ1) is 9.34. The Labute approximate surface area is 129 Å². The van der Waals surface area contributed by atoms with E-state index in [4.69, 9.17) is 5.11 Å². The van der Waals surface area contributed by atoms with Crippen molar-refractivity contribution < 1.29 is 9.90 Å². The summed E-state index contributed by atoms with van der Waals surface area (Å²) in [7, 11) is 0. The molecular formula is C16H24BrNO2. The van der Waals surface area contributed by atoms with Crippen LogP contribution in [0.2, 0.25) is 0 Å². The second-order valence-corrected chi connectivity index (χ2v) is 6.94. The summed E-state index contributed by atoms with van der Waals surface area (Å²) in [5.74, 6) is 0.0362. The third kappa shape index (κ3) is 5.63. The number of halogens is 1. The highest BCUT2D eigenvalue weighted by Crippen LogP contribution is 2.22. The number of aliphatic hydroxyl groups excluding tert-OH is 1. The Hall–Kier alpha value is -0.870. The van der Waals surface area contributed by atoms with Crippen LogP contribution >= 0.6 is 15.9 Å². The number of aliphatic hydroxyl groups is 1. The summed E-state index contributed by atoms with van der Waals surface area (Å²) in [5.41, 5.74) is 1.09. The SMILES string of the molecule is CC(C)(C)C(CCO)NC(=O)CCc1ccccc1Br. The highest BCUT2D eigenvalue weighted by atomic mass is 79.9. The van der Waals surface area contributed by atoms with Gasteiger partial charge in [-0.1, -0.05) is 54.9 Å². The number of amides is 1. The molecule has 0 fully saturated rings. The molecule has 0 saturated heterocycles. The summed E-state index contributed by atoms with van der Waals surface area (Å²) in [6.07, 6.45) is 1.76. The molecule has 1 aromatic rings. The molecule has 0 aliphatic rings. The fraction of sp³-hybridized carbons (Fsp3) is 0.562. The van der Waals surface area contributed by atoms with Gasteiger partial charge in [-0.2, -0.15) is 0 Å². The summed E-state index contributed by atoms with van der Waals surface area (Å²) in [4.78, 5) is 12.1. The molecule has 0 aliphatic heterocycles. The van der Waals surface area contributed by atoms with Gasteiger partial charge in [0.25, 0.3) is 0 Å². The van der Waals surface area contributed by atoms with Crippen LogP contribution in [0.5, 0.6) is 0 Å². The smallest absolute Gasteiger partial charge is 0.220 e. The van der Waals surface area contributed by atoms with Gasteiger partial charge in [0.05, 0.1) is 0 Å². The molecule has 20 heavy (non-hydrogen) atoms. The van der Waals surface area contributed by atoms with Crippen LogP contribution in [0.15, 0.2) is 28.7 Å². The maximum absolute atomic E-state index is 12.1. The molecule has 1 unspecified atom stereocenters. The lowest BCUT2D eigenvalue weighted by Gasteiger charge is -2.31. The van der Waals surface area contributed by atoms with Crippen molar-refractivity contribution in [1.29, 1.82) is 0 Å². The summed E-state index contributed by atoms with van der Waals surface area (Å²) in [6.45, 7) is 6.30. The Morgan fingerprint density at radius 3 is 2.55 bits per heavy atom. The molecular weight excluding hydrogens is 318 g/mol. The van der Waals surface area contributed by atoms with Crippen LogP contribution in [-0.4, -0.2) is 23.7 Å². The van der Waals surface area contributed by atoms with E-state index in [2.05, 4.69) is 42.0 Å². The summed E-state index contributed by atoms with van der Waals surface area (Å²) in [5, 5.41) is 12.1. The van der Waals surface area contributed by atoms with Crippen molar-refractivity contribution in [3.8, 4) is 0 Å². The minimum Gasteiger partial charge on any atom is -0.396 e. The second-order valence-electron chi connectivity index (χ2n) is 6.09. The summed E-state index contributed by atoms with van der Waals surface area (Å²) >= 11 is 3.49. The van der Waals surface area contributed by atoms with Gasteiger partial charge in [-0.3, -0.25) is 4.79 Å². The van der Waals surface area contributed by atoms with Crippen molar-refractivity contribution in [3.05, 3.63) is 34.3 Å². The lowest BCUT2D eigenvalue weighted by Crippen LogP contribution is -2.44. The number of rotatable bonds is 6. The lowest BCUT2D eigenvalue weighted by molar-refractivity contribution is -0.122. The minimum absolute atomic E-state index is 0.000728. The number of carbonyl (C=O) groups is 1. The van der Waals surface area contributed by atoms with Gasteiger partial charge in [-0.15, -0.1) is 0 Å². The maximum atomic E-state index is 12.1. The number of aryl methyl sites for hydroxylation is 1. The predicted octanol–water partition coefficient (Wildman–Crippen LogP) is 3.30. The minimum atomic E-state index is -0.0499. The van der Waals surface area contributed by atoms with Crippen molar-refractivity contribution in [2.45, 2.75) is 46.1 Å². The first kappa shape index (κ1) is 17.2. The zero-order valence-electron chi connectivity index (χ0n) is 12.4. The van der Waals surface area contributed by atoms with Crippen LogP contribution in [0.25, 0.3) is 0 Å². The molecule has 1 aromatic carbocycles. The average Bonchev–Trinajstić information content (AvgIpc) is 2.36. The van der Waals surface area contributed by atoms with E-state index in [9.17, 15) is 4.79 Å². The molecule has 2 N–H and O–H groups in total. The first-order valence-electron chi connectivity index (χ1n) is 6.98. The van der Waals surface area contributed by atoms with E-state index in [0.29, 0.717) is 19.3 Å². The highest BCUT2D eigenvalue weighted by molar-refractivity contribution is 9.10. The van der Waals surface area contributed by atoms with E-state index in [-0.39, 0.29) is 24.0 Å². The third-order valence-electron chi connectivity index (χ3n) is 3.38. The van der Waals surface area contributed by atoms with E-state index in [1.807, 2.05) is 24.3 Å². The average molecular weight is 342 g/mol. The number of benzene rings is 1. The van der Waals surface area contributed by atoms with E-state index >= 15 is 0 Å². The van der Waals surface area contributed by atoms with Crippen molar-refractivity contribution in [2.24, 2.45) is 5.41 Å². The molecule has 0 aliphatic carbocycles. The van der Waals surface area contributed by atoms with Gasteiger partial charge in [-0.25, -0.2) is 0 Å². The number of carbonyl (C=O) groups excluding carboxylic acids is 1. The topological polar surface area (TPSA) is 49.3 Å². The Bertz CT molecular complexity index is 440. The van der Waals surface area contributed by atoms with E-state index < -0.39 is 0 Å². The zero-order chi connectivity index (χ0) is 15.2. The van der Waals surface area contributed by atoms with E-state index in [1.165, 1.54) is 0 Å². The summed E-state index contributed by atoms with van der Waals surface area (Å²) in [6, 6.07) is 7.94. The Morgan fingerprint density at radius 1 is 1.35 bits per heavy atom. The molecule has 1 rings (SSSR count). The van der Waals surface area contributed by atoms with Crippen LogP contribution in [0, 0.1) is 5.41 Å². The van der Waals surface area contributed by atoms with Crippen molar-refractivity contribution in [2.75, 3.05) is 6.61 Å². The molecule has 0 saturated carbocycles. The first-order valence-corrected chi connectivity index (χ1v) is 7.77. The van der Waals surface area contributed by atoms with Crippen LogP contribution in [-0.2, 0) is 11.2 Å².